The van der Waals surface area contributed by atoms with Gasteiger partial charge in [0.1, 0.15) is 6.04 Å². The number of unbranched alkanes of at least 4 members (excludes halogenated alkanes) is 1. The standard InChI is InChI=1S/C27H29N7O2/c1-4-5-11-22-21(25(35)28-27-29-26(36)23(16(2)3)34(22)27)15-17-12-13-19(18-9-7-6-8-10-18)20(14-17)24-30-32-33-31-24/h6-10,12-14,16,23H,4-5,11,15H2,1-3H3,(H,28,29,35,36)(H,30,31,32,33). The summed E-state index contributed by atoms with van der Waals surface area (Å²) in [5, 5.41) is 17.3. The minimum absolute atomic E-state index is 0.0690. The maximum Gasteiger partial charge on any atom is 0.278 e. The van der Waals surface area contributed by atoms with Crippen LogP contribution in [0.25, 0.3) is 22.5 Å². The van der Waals surface area contributed by atoms with Crippen molar-refractivity contribution < 1.29 is 4.79 Å². The summed E-state index contributed by atoms with van der Waals surface area (Å²) in [6.07, 6.45) is 2.99. The maximum absolute atomic E-state index is 13.2. The first kappa shape index (κ1) is 23.6. The van der Waals surface area contributed by atoms with Crippen molar-refractivity contribution in [1.82, 2.24) is 30.2 Å². The Kier molecular flexibility index (Phi) is 6.45. The highest BCUT2D eigenvalue weighted by Gasteiger charge is 2.36. The predicted octanol–water partition coefficient (Wildman–Crippen LogP) is 4.17. The van der Waals surface area contributed by atoms with Gasteiger partial charge in [-0.05, 0) is 51.9 Å². The third-order valence-electron chi connectivity index (χ3n) is 6.66. The zero-order valence-corrected chi connectivity index (χ0v) is 20.7. The van der Waals surface area contributed by atoms with Crippen LogP contribution in [-0.4, -0.2) is 36.1 Å². The molecule has 2 aromatic carbocycles. The normalized spacial score (nSPS) is 14.8. The van der Waals surface area contributed by atoms with Crippen LogP contribution in [0.2, 0.25) is 0 Å². The lowest BCUT2D eigenvalue weighted by atomic mass is 9.93. The molecule has 1 amide bonds. The van der Waals surface area contributed by atoms with E-state index in [0.717, 1.165) is 40.8 Å². The molecule has 1 aliphatic rings. The van der Waals surface area contributed by atoms with E-state index in [4.69, 9.17) is 0 Å². The average Bonchev–Trinajstić information content (AvgIpc) is 3.52. The summed E-state index contributed by atoms with van der Waals surface area (Å²) < 4.78 is 1.96. The first-order valence-electron chi connectivity index (χ1n) is 12.4. The molecule has 5 rings (SSSR count). The van der Waals surface area contributed by atoms with Crippen molar-refractivity contribution in [1.29, 1.82) is 0 Å². The molecule has 0 saturated carbocycles. The molecule has 4 aromatic rings. The number of tetrazole rings is 1. The second-order valence-electron chi connectivity index (χ2n) is 9.49. The largest absolute Gasteiger partial charge is 0.302 e. The summed E-state index contributed by atoms with van der Waals surface area (Å²) in [5.74, 6) is 0.866. The Hall–Kier alpha value is -4.14. The third kappa shape index (κ3) is 4.32. The van der Waals surface area contributed by atoms with Crippen molar-refractivity contribution in [3.8, 4) is 22.5 Å². The number of amides is 1. The molecule has 9 heteroatoms. The molecule has 36 heavy (non-hydrogen) atoms. The molecule has 0 spiro atoms. The molecule has 2 N–H and O–H groups in total. The Morgan fingerprint density at radius 3 is 2.56 bits per heavy atom. The molecular weight excluding hydrogens is 454 g/mol. The third-order valence-corrected chi connectivity index (χ3v) is 6.66. The number of rotatable bonds is 8. The van der Waals surface area contributed by atoms with Gasteiger partial charge in [-0.1, -0.05) is 69.7 Å². The predicted molar refractivity (Wildman–Crippen MR) is 137 cm³/mol. The number of aromatic amines is 1. The Labute approximate surface area is 209 Å². The van der Waals surface area contributed by atoms with Gasteiger partial charge < -0.3 is 4.57 Å². The highest BCUT2D eigenvalue weighted by atomic mass is 16.2. The minimum atomic E-state index is -0.380. The molecule has 0 bridgehead atoms. The van der Waals surface area contributed by atoms with Gasteiger partial charge in [-0.2, -0.15) is 4.98 Å². The zero-order valence-electron chi connectivity index (χ0n) is 20.7. The number of carbonyl (C=O) groups excluding carboxylic acids is 1. The van der Waals surface area contributed by atoms with Crippen molar-refractivity contribution in [3.05, 3.63) is 75.7 Å². The molecule has 0 radical (unpaired) electrons. The zero-order chi connectivity index (χ0) is 25.2. The molecule has 184 valence electrons. The summed E-state index contributed by atoms with van der Waals surface area (Å²) in [4.78, 5) is 30.2. The fourth-order valence-electron chi connectivity index (χ4n) is 4.94. The summed E-state index contributed by atoms with van der Waals surface area (Å²) in [7, 11) is 0. The fraction of sp³-hybridized carbons (Fsp3) is 0.333. The lowest BCUT2D eigenvalue weighted by molar-refractivity contribution is -0.119. The van der Waals surface area contributed by atoms with Gasteiger partial charge >= 0.3 is 0 Å². The Morgan fingerprint density at radius 2 is 1.86 bits per heavy atom. The first-order valence-corrected chi connectivity index (χ1v) is 12.4. The molecule has 0 fully saturated rings. The van der Waals surface area contributed by atoms with Crippen LogP contribution < -0.4 is 10.9 Å². The van der Waals surface area contributed by atoms with E-state index in [1.165, 1.54) is 0 Å². The van der Waals surface area contributed by atoms with Crippen LogP contribution in [0.1, 0.15) is 56.5 Å². The Balaban J connectivity index is 1.62. The highest BCUT2D eigenvalue weighted by Crippen LogP contribution is 2.34. The van der Waals surface area contributed by atoms with Crippen molar-refractivity contribution in [2.45, 2.75) is 52.5 Å². The molecule has 1 atom stereocenters. The van der Waals surface area contributed by atoms with Gasteiger partial charge in [0.25, 0.3) is 5.56 Å². The van der Waals surface area contributed by atoms with E-state index < -0.39 is 0 Å². The first-order chi connectivity index (χ1) is 17.5. The van der Waals surface area contributed by atoms with E-state index in [-0.39, 0.29) is 23.4 Å². The summed E-state index contributed by atoms with van der Waals surface area (Å²) >= 11 is 0. The second kappa shape index (κ2) is 9.85. The van der Waals surface area contributed by atoms with Gasteiger partial charge in [0, 0.05) is 23.2 Å². The van der Waals surface area contributed by atoms with Crippen LogP contribution in [0.15, 0.2) is 53.3 Å². The maximum atomic E-state index is 13.2. The molecule has 0 aliphatic carbocycles. The molecule has 2 aromatic heterocycles. The van der Waals surface area contributed by atoms with Crippen LogP contribution >= 0.6 is 0 Å². The Morgan fingerprint density at radius 1 is 1.06 bits per heavy atom. The lowest BCUT2D eigenvalue weighted by Crippen LogP contribution is -2.26. The van der Waals surface area contributed by atoms with Gasteiger partial charge in [0.15, 0.2) is 5.82 Å². The smallest absolute Gasteiger partial charge is 0.278 e. The highest BCUT2D eigenvalue weighted by molar-refractivity contribution is 5.96. The number of carbonyl (C=O) groups is 1. The van der Waals surface area contributed by atoms with Crippen LogP contribution in [0.4, 0.5) is 5.95 Å². The van der Waals surface area contributed by atoms with E-state index >= 15 is 0 Å². The molecule has 1 unspecified atom stereocenters. The SMILES string of the molecule is CCCCc1c(Cc2ccc(-c3ccccc3)c(-c3nnn[nH]3)c2)c(=O)nc2n1C(C(C)C)C(=O)N2. The van der Waals surface area contributed by atoms with Gasteiger partial charge in [0.2, 0.25) is 11.9 Å². The number of benzene rings is 2. The van der Waals surface area contributed by atoms with Crippen molar-refractivity contribution in [2.75, 3.05) is 5.32 Å². The van der Waals surface area contributed by atoms with Gasteiger partial charge in [0.05, 0.1) is 0 Å². The van der Waals surface area contributed by atoms with E-state index in [2.05, 4.69) is 37.8 Å². The van der Waals surface area contributed by atoms with Gasteiger partial charge in [-0.15, -0.1) is 5.10 Å². The van der Waals surface area contributed by atoms with E-state index in [1.807, 2.05) is 66.9 Å². The van der Waals surface area contributed by atoms with Gasteiger partial charge in [-0.3, -0.25) is 14.9 Å². The fourth-order valence-corrected chi connectivity index (χ4v) is 4.94. The van der Waals surface area contributed by atoms with Gasteiger partial charge in [-0.25, -0.2) is 5.10 Å². The Bertz CT molecular complexity index is 1440. The van der Waals surface area contributed by atoms with Crippen LogP contribution in [0, 0.1) is 5.92 Å². The summed E-state index contributed by atoms with van der Waals surface area (Å²) in [5.41, 5.74) is 5.04. The molecular formula is C27H29N7O2. The number of nitrogens with zero attached hydrogens (tertiary/aromatic N) is 5. The average molecular weight is 484 g/mol. The van der Waals surface area contributed by atoms with Crippen molar-refractivity contribution in [3.63, 3.8) is 0 Å². The van der Waals surface area contributed by atoms with Crippen molar-refractivity contribution >= 4 is 11.9 Å². The van der Waals surface area contributed by atoms with E-state index in [1.54, 1.807) is 0 Å². The molecule has 9 nitrogen and oxygen atoms in total. The number of hydrogen-bond acceptors (Lipinski definition) is 6. The molecule has 0 saturated heterocycles. The van der Waals surface area contributed by atoms with Crippen LogP contribution in [-0.2, 0) is 17.6 Å². The lowest BCUT2D eigenvalue weighted by Gasteiger charge is -2.22. The quantitative estimate of drug-likeness (QED) is 0.388. The summed E-state index contributed by atoms with van der Waals surface area (Å²) in [6, 6.07) is 15.7. The number of anilines is 1. The monoisotopic (exact) mass is 483 g/mol. The topological polar surface area (TPSA) is 118 Å². The van der Waals surface area contributed by atoms with Crippen molar-refractivity contribution in [2.24, 2.45) is 5.92 Å². The van der Waals surface area contributed by atoms with Crippen LogP contribution in [0.3, 0.4) is 0 Å². The number of nitrogens with one attached hydrogen (secondary N) is 2. The van der Waals surface area contributed by atoms with Crippen LogP contribution in [0.5, 0.6) is 0 Å². The number of H-pyrrole nitrogens is 1. The number of fused-ring (bicyclic) bond motifs is 1. The summed E-state index contributed by atoms with van der Waals surface area (Å²) in [6.45, 7) is 6.15. The van der Waals surface area contributed by atoms with E-state index in [9.17, 15) is 9.59 Å². The number of hydrogen-bond donors (Lipinski definition) is 2. The number of aromatic nitrogens is 6. The van der Waals surface area contributed by atoms with E-state index in [0.29, 0.717) is 30.2 Å². The molecule has 1 aliphatic heterocycles. The minimum Gasteiger partial charge on any atom is -0.302 e. The second-order valence-corrected chi connectivity index (χ2v) is 9.49. The molecule has 3 heterocycles.